The molecule has 2 heterocycles. The quantitative estimate of drug-likeness (QED) is 0.476. The Labute approximate surface area is 174 Å². The third-order valence-electron chi connectivity index (χ3n) is 5.46. The molecular formula is C25H29ClN2. The van der Waals surface area contributed by atoms with Crippen LogP contribution >= 0.6 is 12.4 Å². The number of anilines is 1. The Morgan fingerprint density at radius 2 is 1.75 bits per heavy atom. The van der Waals surface area contributed by atoms with Crippen molar-refractivity contribution < 1.29 is 0 Å². The Morgan fingerprint density at radius 3 is 2.57 bits per heavy atom. The Hall–Kier alpha value is -2.32. The van der Waals surface area contributed by atoms with Gasteiger partial charge in [0.05, 0.1) is 5.69 Å². The lowest BCUT2D eigenvalue weighted by molar-refractivity contribution is 0.576. The molecule has 0 radical (unpaired) electrons. The van der Waals surface area contributed by atoms with Gasteiger partial charge in [0.25, 0.3) is 0 Å². The molecule has 1 saturated heterocycles. The van der Waals surface area contributed by atoms with E-state index in [4.69, 9.17) is 4.98 Å². The van der Waals surface area contributed by atoms with Gasteiger partial charge >= 0.3 is 0 Å². The molecule has 1 aliphatic rings. The van der Waals surface area contributed by atoms with Crippen LogP contribution < -0.4 is 4.90 Å². The van der Waals surface area contributed by atoms with E-state index in [0.717, 1.165) is 18.5 Å². The highest BCUT2D eigenvalue weighted by Gasteiger charge is 2.15. The van der Waals surface area contributed by atoms with Gasteiger partial charge in [-0.1, -0.05) is 61.9 Å². The molecule has 3 heteroatoms. The topological polar surface area (TPSA) is 16.1 Å². The van der Waals surface area contributed by atoms with Crippen LogP contribution in [0.15, 0.2) is 54.7 Å². The van der Waals surface area contributed by atoms with Crippen LogP contribution in [0.5, 0.6) is 0 Å². The molecule has 0 bridgehead atoms. The summed E-state index contributed by atoms with van der Waals surface area (Å²) in [6.07, 6.45) is 12.7. The maximum Gasteiger partial charge on any atom is 0.0650 e. The number of fused-ring (bicyclic) bond motifs is 1. The Bertz CT molecular complexity index is 937. The third-order valence-corrected chi connectivity index (χ3v) is 5.46. The van der Waals surface area contributed by atoms with Gasteiger partial charge in [0.2, 0.25) is 0 Å². The molecule has 1 aliphatic heterocycles. The highest BCUT2D eigenvalue weighted by atomic mass is 35.5. The average Bonchev–Trinajstić information content (AvgIpc) is 2.74. The van der Waals surface area contributed by atoms with Crippen molar-refractivity contribution in [1.82, 2.24) is 4.98 Å². The fourth-order valence-electron chi connectivity index (χ4n) is 4.04. The maximum absolute atomic E-state index is 4.73. The highest BCUT2D eigenvalue weighted by molar-refractivity contribution is 5.92. The Morgan fingerprint density at radius 1 is 0.964 bits per heavy atom. The van der Waals surface area contributed by atoms with E-state index < -0.39 is 0 Å². The van der Waals surface area contributed by atoms with E-state index in [-0.39, 0.29) is 12.4 Å². The van der Waals surface area contributed by atoms with Crippen molar-refractivity contribution in [2.45, 2.75) is 39.0 Å². The van der Waals surface area contributed by atoms with E-state index in [1.54, 1.807) is 0 Å². The first kappa shape index (κ1) is 20.4. The number of aryl methyl sites for hydroxylation is 1. The van der Waals surface area contributed by atoms with Crippen LogP contribution in [-0.4, -0.2) is 18.1 Å². The van der Waals surface area contributed by atoms with Gasteiger partial charge in [-0.3, -0.25) is 4.98 Å². The predicted molar refractivity (Wildman–Crippen MR) is 124 cm³/mol. The van der Waals surface area contributed by atoms with Crippen molar-refractivity contribution in [1.29, 1.82) is 0 Å². The molecule has 3 aromatic rings. The van der Waals surface area contributed by atoms with Gasteiger partial charge in [0.15, 0.2) is 0 Å². The van der Waals surface area contributed by atoms with Gasteiger partial charge in [-0.2, -0.15) is 0 Å². The number of rotatable bonds is 5. The van der Waals surface area contributed by atoms with E-state index in [9.17, 15) is 0 Å². The number of pyridine rings is 1. The summed E-state index contributed by atoms with van der Waals surface area (Å²) in [6, 6.07) is 17.3. The smallest absolute Gasteiger partial charge is 0.0650 e. The lowest BCUT2D eigenvalue weighted by Gasteiger charge is -2.30. The second-order valence-corrected chi connectivity index (χ2v) is 7.44. The van der Waals surface area contributed by atoms with Crippen LogP contribution in [0.4, 0.5) is 5.69 Å². The third kappa shape index (κ3) is 4.56. The highest BCUT2D eigenvalue weighted by Crippen LogP contribution is 2.27. The molecule has 28 heavy (non-hydrogen) atoms. The molecule has 0 N–H and O–H groups in total. The number of nitrogens with zero attached hydrogens (tertiary/aromatic N) is 2. The SMILES string of the molecule is CCCc1cnc(/C=C\c2cccc3ccccc23)cc1N1CCCCC1.Cl. The van der Waals surface area contributed by atoms with Crippen molar-refractivity contribution in [3.63, 3.8) is 0 Å². The predicted octanol–water partition coefficient (Wildman–Crippen LogP) is 6.77. The van der Waals surface area contributed by atoms with Crippen molar-refractivity contribution >= 4 is 41.0 Å². The zero-order valence-corrected chi connectivity index (χ0v) is 17.4. The fraction of sp³-hybridized carbons (Fsp3) is 0.320. The van der Waals surface area contributed by atoms with Crippen molar-refractivity contribution in [2.24, 2.45) is 0 Å². The largest absolute Gasteiger partial charge is 0.371 e. The van der Waals surface area contributed by atoms with Gasteiger partial charge in [-0.05, 0) is 59.7 Å². The Balaban J connectivity index is 0.00000225. The van der Waals surface area contributed by atoms with Gasteiger partial charge in [-0.25, -0.2) is 0 Å². The van der Waals surface area contributed by atoms with E-state index in [1.165, 1.54) is 59.9 Å². The van der Waals surface area contributed by atoms with Crippen LogP contribution in [0.25, 0.3) is 22.9 Å². The molecule has 0 aliphatic carbocycles. The molecule has 146 valence electrons. The van der Waals surface area contributed by atoms with Crippen molar-refractivity contribution in [2.75, 3.05) is 18.0 Å². The monoisotopic (exact) mass is 392 g/mol. The summed E-state index contributed by atoms with van der Waals surface area (Å²) in [5.41, 5.74) is 5.07. The average molecular weight is 393 g/mol. The summed E-state index contributed by atoms with van der Waals surface area (Å²) in [5.74, 6) is 0. The minimum atomic E-state index is 0. The zero-order valence-electron chi connectivity index (χ0n) is 16.6. The molecule has 2 aromatic carbocycles. The van der Waals surface area contributed by atoms with Crippen LogP contribution in [0.1, 0.15) is 49.4 Å². The van der Waals surface area contributed by atoms with Crippen LogP contribution in [0, 0.1) is 0 Å². The molecule has 1 aromatic heterocycles. The van der Waals surface area contributed by atoms with E-state index in [2.05, 4.69) is 78.7 Å². The first-order valence-corrected chi connectivity index (χ1v) is 10.2. The van der Waals surface area contributed by atoms with E-state index >= 15 is 0 Å². The minimum Gasteiger partial charge on any atom is -0.371 e. The summed E-state index contributed by atoms with van der Waals surface area (Å²) < 4.78 is 0. The number of piperidine rings is 1. The number of hydrogen-bond donors (Lipinski definition) is 0. The standard InChI is InChI=1S/C25H28N2.ClH/c1-2-9-22-19-26-23(18-25(22)27-16-6-3-7-17-27)15-14-21-12-8-11-20-10-4-5-13-24(20)21;/h4-5,8,10-15,18-19H,2-3,6-7,9,16-17H2,1H3;1H/b15-14-;. The second kappa shape index (κ2) is 9.75. The van der Waals surface area contributed by atoms with Crippen LogP contribution in [-0.2, 0) is 6.42 Å². The summed E-state index contributed by atoms with van der Waals surface area (Å²) in [4.78, 5) is 7.30. The minimum absolute atomic E-state index is 0. The fourth-order valence-corrected chi connectivity index (χ4v) is 4.04. The molecule has 1 fully saturated rings. The maximum atomic E-state index is 4.73. The number of hydrogen-bond acceptors (Lipinski definition) is 2. The van der Waals surface area contributed by atoms with Crippen molar-refractivity contribution in [3.05, 3.63) is 71.5 Å². The number of aromatic nitrogens is 1. The summed E-state index contributed by atoms with van der Waals surface area (Å²) in [7, 11) is 0. The molecule has 0 saturated carbocycles. The van der Waals surface area contributed by atoms with E-state index in [1.807, 2.05) is 0 Å². The lowest BCUT2D eigenvalue weighted by Crippen LogP contribution is -2.30. The number of halogens is 1. The molecule has 0 amide bonds. The molecule has 0 unspecified atom stereocenters. The molecule has 0 spiro atoms. The van der Waals surface area contributed by atoms with Gasteiger partial charge in [0.1, 0.15) is 0 Å². The van der Waals surface area contributed by atoms with Crippen LogP contribution in [0.3, 0.4) is 0 Å². The summed E-state index contributed by atoms with van der Waals surface area (Å²) >= 11 is 0. The zero-order chi connectivity index (χ0) is 18.5. The van der Waals surface area contributed by atoms with Gasteiger partial charge in [0, 0.05) is 25.0 Å². The second-order valence-electron chi connectivity index (χ2n) is 7.44. The first-order valence-electron chi connectivity index (χ1n) is 10.2. The van der Waals surface area contributed by atoms with Crippen molar-refractivity contribution in [3.8, 4) is 0 Å². The van der Waals surface area contributed by atoms with Crippen LogP contribution in [0.2, 0.25) is 0 Å². The Kier molecular flexibility index (Phi) is 7.11. The normalized spacial score (nSPS) is 14.4. The molecule has 4 rings (SSSR count). The van der Waals surface area contributed by atoms with Gasteiger partial charge < -0.3 is 4.90 Å². The van der Waals surface area contributed by atoms with Gasteiger partial charge in [-0.15, -0.1) is 12.4 Å². The number of benzene rings is 2. The molecule has 2 nitrogen and oxygen atoms in total. The van der Waals surface area contributed by atoms with E-state index in [0.29, 0.717) is 0 Å². The lowest BCUT2D eigenvalue weighted by atomic mass is 10.0. The molecule has 0 atom stereocenters. The summed E-state index contributed by atoms with van der Waals surface area (Å²) in [5, 5.41) is 2.56. The molecular weight excluding hydrogens is 364 g/mol. The first-order chi connectivity index (χ1) is 13.3. The summed E-state index contributed by atoms with van der Waals surface area (Å²) in [6.45, 7) is 4.59.